The van der Waals surface area contributed by atoms with Gasteiger partial charge in [-0.15, -0.1) is 0 Å². The highest BCUT2D eigenvalue weighted by Gasteiger charge is 2.10. The number of nitriles is 1. The van der Waals surface area contributed by atoms with Crippen LogP contribution in [-0.2, 0) is 0 Å². The van der Waals surface area contributed by atoms with E-state index in [1.54, 1.807) is 25.1 Å². The molecule has 0 atom stereocenters. The summed E-state index contributed by atoms with van der Waals surface area (Å²) < 4.78 is 12.9. The number of nitrogens with one attached hydrogen (secondary N) is 1. The minimum atomic E-state index is -0.713. The number of carbonyl (C=O) groups excluding carboxylic acids is 1. The lowest BCUT2D eigenvalue weighted by atomic mass is 10.1. The number of amides is 1. The number of aromatic nitrogens is 1. The molecule has 1 amide bonds. The highest BCUT2D eigenvalue weighted by Crippen LogP contribution is 2.17. The SMILES string of the molecule is Cc1ccc(C#N)cc1NC(=O)c1cccc(F)n1. The number of hydrogen-bond acceptors (Lipinski definition) is 3. The van der Waals surface area contributed by atoms with Gasteiger partial charge in [0, 0.05) is 5.69 Å². The number of benzene rings is 1. The van der Waals surface area contributed by atoms with Crippen LogP contribution in [0.15, 0.2) is 36.4 Å². The van der Waals surface area contributed by atoms with Gasteiger partial charge in [0.05, 0.1) is 11.6 Å². The Balaban J connectivity index is 2.27. The number of rotatable bonds is 2. The molecule has 2 rings (SSSR count). The van der Waals surface area contributed by atoms with Gasteiger partial charge in [0.25, 0.3) is 5.91 Å². The summed E-state index contributed by atoms with van der Waals surface area (Å²) in [5, 5.41) is 11.4. The molecular formula is C14H10FN3O. The Hall–Kier alpha value is -2.74. The van der Waals surface area contributed by atoms with Gasteiger partial charge in [-0.1, -0.05) is 12.1 Å². The van der Waals surface area contributed by atoms with Crippen molar-refractivity contribution < 1.29 is 9.18 Å². The summed E-state index contributed by atoms with van der Waals surface area (Å²) in [5.74, 6) is -1.23. The monoisotopic (exact) mass is 255 g/mol. The molecular weight excluding hydrogens is 245 g/mol. The fourth-order valence-corrected chi connectivity index (χ4v) is 1.55. The quantitative estimate of drug-likeness (QED) is 0.839. The first-order chi connectivity index (χ1) is 9.10. The molecule has 0 bridgehead atoms. The van der Waals surface area contributed by atoms with Gasteiger partial charge in [0.2, 0.25) is 5.95 Å². The highest BCUT2D eigenvalue weighted by molar-refractivity contribution is 6.03. The second kappa shape index (κ2) is 5.27. The third-order valence-corrected chi connectivity index (χ3v) is 2.56. The Kier molecular flexibility index (Phi) is 3.53. The molecule has 0 saturated carbocycles. The van der Waals surface area contributed by atoms with Crippen LogP contribution in [0.5, 0.6) is 0 Å². The van der Waals surface area contributed by atoms with Gasteiger partial charge in [-0.25, -0.2) is 4.98 Å². The third-order valence-electron chi connectivity index (χ3n) is 2.56. The van der Waals surface area contributed by atoms with Crippen LogP contribution in [0, 0.1) is 24.2 Å². The van der Waals surface area contributed by atoms with E-state index < -0.39 is 11.9 Å². The number of pyridine rings is 1. The first-order valence-corrected chi connectivity index (χ1v) is 5.55. The predicted octanol–water partition coefficient (Wildman–Crippen LogP) is 2.65. The van der Waals surface area contributed by atoms with Gasteiger partial charge < -0.3 is 5.32 Å². The Bertz CT molecular complexity index is 677. The lowest BCUT2D eigenvalue weighted by Gasteiger charge is -2.08. The summed E-state index contributed by atoms with van der Waals surface area (Å²) in [6, 6.07) is 10.9. The predicted molar refractivity (Wildman–Crippen MR) is 68.0 cm³/mol. The molecule has 0 aliphatic rings. The first kappa shape index (κ1) is 12.7. The van der Waals surface area contributed by atoms with E-state index in [-0.39, 0.29) is 5.69 Å². The van der Waals surface area contributed by atoms with Gasteiger partial charge in [-0.2, -0.15) is 9.65 Å². The molecule has 0 aliphatic heterocycles. The lowest BCUT2D eigenvalue weighted by Crippen LogP contribution is -2.15. The van der Waals surface area contributed by atoms with Crippen molar-refractivity contribution in [1.29, 1.82) is 5.26 Å². The molecule has 0 fully saturated rings. The van der Waals surface area contributed by atoms with Gasteiger partial charge in [0.1, 0.15) is 5.69 Å². The van der Waals surface area contributed by atoms with Crippen molar-refractivity contribution in [2.24, 2.45) is 0 Å². The van der Waals surface area contributed by atoms with Crippen molar-refractivity contribution in [3.8, 4) is 6.07 Å². The standard InChI is InChI=1S/C14H10FN3O/c1-9-5-6-10(8-16)7-12(9)18-14(19)11-3-2-4-13(15)17-11/h2-7H,1H3,(H,18,19). The molecule has 94 valence electrons. The van der Waals surface area contributed by atoms with Crippen molar-refractivity contribution in [3.63, 3.8) is 0 Å². The highest BCUT2D eigenvalue weighted by atomic mass is 19.1. The summed E-state index contributed by atoms with van der Waals surface area (Å²) in [6.45, 7) is 1.80. The molecule has 0 aliphatic carbocycles. The fourth-order valence-electron chi connectivity index (χ4n) is 1.55. The van der Waals surface area contributed by atoms with Crippen LogP contribution < -0.4 is 5.32 Å². The molecule has 1 aromatic heterocycles. The van der Waals surface area contributed by atoms with Crippen LogP contribution in [0.25, 0.3) is 0 Å². The molecule has 2 aromatic rings. The largest absolute Gasteiger partial charge is 0.320 e. The van der Waals surface area contributed by atoms with Crippen molar-refractivity contribution in [1.82, 2.24) is 4.98 Å². The van der Waals surface area contributed by atoms with Crippen molar-refractivity contribution in [2.45, 2.75) is 6.92 Å². The fraction of sp³-hybridized carbons (Fsp3) is 0.0714. The number of carbonyl (C=O) groups is 1. The van der Waals surface area contributed by atoms with Crippen LogP contribution in [0.2, 0.25) is 0 Å². The van der Waals surface area contributed by atoms with E-state index in [4.69, 9.17) is 5.26 Å². The molecule has 0 saturated heterocycles. The Labute approximate surface area is 109 Å². The Morgan fingerprint density at radius 1 is 1.37 bits per heavy atom. The normalized spacial score (nSPS) is 9.74. The molecule has 1 heterocycles. The topological polar surface area (TPSA) is 65.8 Å². The van der Waals surface area contributed by atoms with Gasteiger partial charge in [-0.3, -0.25) is 4.79 Å². The Morgan fingerprint density at radius 3 is 2.84 bits per heavy atom. The van der Waals surface area contributed by atoms with E-state index in [1.807, 2.05) is 6.07 Å². The lowest BCUT2D eigenvalue weighted by molar-refractivity contribution is 0.102. The number of hydrogen-bond donors (Lipinski definition) is 1. The number of anilines is 1. The molecule has 0 unspecified atom stereocenters. The molecule has 0 spiro atoms. The first-order valence-electron chi connectivity index (χ1n) is 5.55. The van der Waals surface area contributed by atoms with E-state index in [0.717, 1.165) is 5.56 Å². The maximum absolute atomic E-state index is 12.9. The number of aryl methyl sites for hydroxylation is 1. The number of halogens is 1. The summed E-state index contributed by atoms with van der Waals surface area (Å²) in [6.07, 6.45) is 0. The molecule has 4 nitrogen and oxygen atoms in total. The van der Waals surface area contributed by atoms with Gasteiger partial charge in [-0.05, 0) is 36.8 Å². The maximum atomic E-state index is 12.9. The minimum absolute atomic E-state index is 0.0123. The Morgan fingerprint density at radius 2 is 2.16 bits per heavy atom. The van der Waals surface area contributed by atoms with Crippen molar-refractivity contribution in [3.05, 3.63) is 59.2 Å². The zero-order chi connectivity index (χ0) is 13.8. The smallest absolute Gasteiger partial charge is 0.274 e. The van der Waals surface area contributed by atoms with E-state index in [2.05, 4.69) is 10.3 Å². The van der Waals surface area contributed by atoms with Crippen LogP contribution in [0.3, 0.4) is 0 Å². The third kappa shape index (κ3) is 2.93. The van der Waals surface area contributed by atoms with E-state index in [9.17, 15) is 9.18 Å². The zero-order valence-electron chi connectivity index (χ0n) is 10.1. The van der Waals surface area contributed by atoms with E-state index >= 15 is 0 Å². The van der Waals surface area contributed by atoms with Crippen LogP contribution >= 0.6 is 0 Å². The average Bonchev–Trinajstić information content (AvgIpc) is 2.41. The second-order valence-corrected chi connectivity index (χ2v) is 3.94. The van der Waals surface area contributed by atoms with E-state index in [1.165, 1.54) is 18.2 Å². The van der Waals surface area contributed by atoms with Crippen molar-refractivity contribution >= 4 is 11.6 Å². The molecule has 1 aromatic carbocycles. The van der Waals surface area contributed by atoms with Crippen LogP contribution in [0.4, 0.5) is 10.1 Å². The van der Waals surface area contributed by atoms with Crippen LogP contribution in [-0.4, -0.2) is 10.9 Å². The zero-order valence-corrected chi connectivity index (χ0v) is 10.1. The van der Waals surface area contributed by atoms with E-state index in [0.29, 0.717) is 11.3 Å². The average molecular weight is 255 g/mol. The number of nitrogens with zero attached hydrogens (tertiary/aromatic N) is 2. The molecule has 1 N–H and O–H groups in total. The van der Waals surface area contributed by atoms with Gasteiger partial charge >= 0.3 is 0 Å². The summed E-state index contributed by atoms with van der Waals surface area (Å²) in [7, 11) is 0. The molecule has 0 radical (unpaired) electrons. The molecule has 19 heavy (non-hydrogen) atoms. The van der Waals surface area contributed by atoms with Crippen LogP contribution in [0.1, 0.15) is 21.6 Å². The minimum Gasteiger partial charge on any atom is -0.320 e. The summed E-state index contributed by atoms with van der Waals surface area (Å²) >= 11 is 0. The summed E-state index contributed by atoms with van der Waals surface area (Å²) in [5.41, 5.74) is 1.74. The second-order valence-electron chi connectivity index (χ2n) is 3.94. The van der Waals surface area contributed by atoms with Gasteiger partial charge in [0.15, 0.2) is 0 Å². The maximum Gasteiger partial charge on any atom is 0.274 e. The summed E-state index contributed by atoms with van der Waals surface area (Å²) in [4.78, 5) is 15.4. The molecule has 5 heteroatoms. The van der Waals surface area contributed by atoms with Crippen molar-refractivity contribution in [2.75, 3.05) is 5.32 Å².